The van der Waals surface area contributed by atoms with Crippen LogP contribution in [0.25, 0.3) is 5.69 Å². The molecule has 0 aliphatic heterocycles. The lowest BCUT2D eigenvalue weighted by Gasteiger charge is -2.07. The Labute approximate surface area is 166 Å². The van der Waals surface area contributed by atoms with E-state index < -0.39 is 16.8 Å². The molecule has 0 fully saturated rings. The summed E-state index contributed by atoms with van der Waals surface area (Å²) in [6.45, 7) is 0.238. The second kappa shape index (κ2) is 9.27. The van der Waals surface area contributed by atoms with Gasteiger partial charge in [0.15, 0.2) is 0 Å². The predicted molar refractivity (Wildman–Crippen MR) is 103 cm³/mol. The van der Waals surface area contributed by atoms with Gasteiger partial charge in [-0.2, -0.15) is 5.10 Å². The molecule has 1 amide bonds. The summed E-state index contributed by atoms with van der Waals surface area (Å²) in [6, 6.07) is 14.5. The van der Waals surface area contributed by atoms with Gasteiger partial charge in [0.25, 0.3) is 11.6 Å². The molecule has 0 unspecified atom stereocenters. The van der Waals surface area contributed by atoms with Crippen LogP contribution in [0.1, 0.15) is 22.3 Å². The second-order valence-electron chi connectivity index (χ2n) is 6.09. The van der Waals surface area contributed by atoms with Gasteiger partial charge in [0.05, 0.1) is 17.0 Å². The van der Waals surface area contributed by atoms with Crippen molar-refractivity contribution in [3.8, 4) is 5.69 Å². The number of nitro groups is 1. The van der Waals surface area contributed by atoms with Crippen molar-refractivity contribution in [2.24, 2.45) is 0 Å². The number of benzene rings is 2. The molecule has 9 heteroatoms. The van der Waals surface area contributed by atoms with Crippen molar-refractivity contribution in [1.82, 2.24) is 15.1 Å². The molecule has 0 aliphatic carbocycles. The molecule has 0 saturated heterocycles. The molecule has 1 aromatic heterocycles. The number of hydrogen-bond donors (Lipinski definition) is 1. The molecule has 0 spiro atoms. The molecule has 9 nitrogen and oxygen atoms in total. The van der Waals surface area contributed by atoms with E-state index in [0.717, 1.165) is 11.3 Å². The summed E-state index contributed by atoms with van der Waals surface area (Å²) in [5.74, 6) is -0.855. The number of carbonyl (C=O) groups is 2. The minimum atomic E-state index is -0.539. The van der Waals surface area contributed by atoms with E-state index in [4.69, 9.17) is 4.74 Å². The molecule has 0 radical (unpaired) electrons. The van der Waals surface area contributed by atoms with E-state index in [1.165, 1.54) is 24.3 Å². The highest BCUT2D eigenvalue weighted by Crippen LogP contribution is 2.12. The molecule has 3 rings (SSSR count). The highest BCUT2D eigenvalue weighted by atomic mass is 16.6. The van der Waals surface area contributed by atoms with Crippen LogP contribution in [0.4, 0.5) is 5.69 Å². The maximum atomic E-state index is 12.0. The van der Waals surface area contributed by atoms with Crippen molar-refractivity contribution in [2.75, 3.05) is 6.54 Å². The van der Waals surface area contributed by atoms with Gasteiger partial charge in [-0.1, -0.05) is 12.1 Å². The van der Waals surface area contributed by atoms with E-state index in [1.807, 2.05) is 36.5 Å². The zero-order valence-corrected chi connectivity index (χ0v) is 15.4. The van der Waals surface area contributed by atoms with Crippen molar-refractivity contribution >= 4 is 17.6 Å². The van der Waals surface area contributed by atoms with E-state index in [2.05, 4.69) is 10.4 Å². The molecule has 29 heavy (non-hydrogen) atoms. The first-order chi connectivity index (χ1) is 14.0. The largest absolute Gasteiger partial charge is 0.461 e. The van der Waals surface area contributed by atoms with E-state index in [1.54, 1.807) is 10.9 Å². The first kappa shape index (κ1) is 19.7. The van der Waals surface area contributed by atoms with Crippen molar-refractivity contribution < 1.29 is 19.2 Å². The van der Waals surface area contributed by atoms with Gasteiger partial charge in [0.1, 0.15) is 6.61 Å². The Morgan fingerprint density at radius 3 is 2.45 bits per heavy atom. The third-order valence-corrected chi connectivity index (χ3v) is 4.06. The number of nitrogens with one attached hydrogen (secondary N) is 1. The quantitative estimate of drug-likeness (QED) is 0.357. The number of amides is 1. The van der Waals surface area contributed by atoms with Crippen LogP contribution in [-0.4, -0.2) is 33.1 Å². The van der Waals surface area contributed by atoms with Crippen LogP contribution in [0, 0.1) is 10.1 Å². The molecule has 148 valence electrons. The third-order valence-electron chi connectivity index (χ3n) is 4.06. The van der Waals surface area contributed by atoms with Crippen LogP contribution >= 0.6 is 0 Å². The number of aromatic nitrogens is 2. The predicted octanol–water partition coefficient (Wildman–Crippen LogP) is 2.64. The smallest absolute Gasteiger partial charge is 0.307 e. The van der Waals surface area contributed by atoms with Gasteiger partial charge in [0, 0.05) is 36.6 Å². The van der Waals surface area contributed by atoms with Crippen molar-refractivity contribution in [3.63, 3.8) is 0 Å². The van der Waals surface area contributed by atoms with Crippen LogP contribution in [0.15, 0.2) is 67.0 Å². The average Bonchev–Trinajstić information content (AvgIpc) is 3.27. The third kappa shape index (κ3) is 5.48. The molecular formula is C20H18N4O5. The minimum absolute atomic E-state index is 0.0179. The van der Waals surface area contributed by atoms with Crippen LogP contribution in [0.3, 0.4) is 0 Å². The Balaban J connectivity index is 1.39. The number of esters is 1. The van der Waals surface area contributed by atoms with Gasteiger partial charge < -0.3 is 10.1 Å². The highest BCUT2D eigenvalue weighted by molar-refractivity contribution is 5.94. The Morgan fingerprint density at radius 1 is 1.10 bits per heavy atom. The maximum absolute atomic E-state index is 12.0. The van der Waals surface area contributed by atoms with Crippen molar-refractivity contribution in [1.29, 1.82) is 0 Å². The molecule has 0 atom stereocenters. The van der Waals surface area contributed by atoms with Gasteiger partial charge >= 0.3 is 5.97 Å². The number of nitrogens with zero attached hydrogens (tertiary/aromatic N) is 3. The van der Waals surface area contributed by atoms with Crippen LogP contribution < -0.4 is 5.32 Å². The standard InChI is InChI=1S/C20H18N4O5/c25-19(10-12-21-20(26)16-4-8-18(9-5-16)24(27)28)29-14-15-2-6-17(7-3-15)23-13-1-11-22-23/h1-9,11,13H,10,12,14H2,(H,21,26). The summed E-state index contributed by atoms with van der Waals surface area (Å²) >= 11 is 0. The minimum Gasteiger partial charge on any atom is -0.461 e. The summed E-state index contributed by atoms with van der Waals surface area (Å²) < 4.78 is 6.93. The Hall–Kier alpha value is -4.01. The first-order valence-electron chi connectivity index (χ1n) is 8.80. The topological polar surface area (TPSA) is 116 Å². The number of hydrogen-bond acceptors (Lipinski definition) is 6. The lowest BCUT2D eigenvalue weighted by molar-refractivity contribution is -0.384. The van der Waals surface area contributed by atoms with E-state index >= 15 is 0 Å². The van der Waals surface area contributed by atoms with E-state index in [9.17, 15) is 19.7 Å². The maximum Gasteiger partial charge on any atom is 0.307 e. The highest BCUT2D eigenvalue weighted by Gasteiger charge is 2.10. The molecule has 2 aromatic carbocycles. The van der Waals surface area contributed by atoms with Crippen LogP contribution in [-0.2, 0) is 16.1 Å². The van der Waals surface area contributed by atoms with Crippen LogP contribution in [0.5, 0.6) is 0 Å². The van der Waals surface area contributed by atoms with Gasteiger partial charge in [-0.05, 0) is 35.9 Å². The zero-order chi connectivity index (χ0) is 20.6. The monoisotopic (exact) mass is 394 g/mol. The number of non-ortho nitro benzene ring substituents is 1. The molecule has 3 aromatic rings. The number of rotatable bonds is 8. The number of nitro benzene ring substituents is 1. The molecule has 0 aliphatic rings. The summed E-state index contributed by atoms with van der Waals surface area (Å²) in [5, 5.41) is 17.3. The molecule has 0 saturated carbocycles. The molecule has 1 N–H and O–H groups in total. The van der Waals surface area contributed by atoms with Gasteiger partial charge in [-0.25, -0.2) is 4.68 Å². The van der Waals surface area contributed by atoms with E-state index in [-0.39, 0.29) is 30.8 Å². The lowest BCUT2D eigenvalue weighted by Crippen LogP contribution is -2.26. The normalized spacial score (nSPS) is 10.3. The SMILES string of the molecule is O=C(CCNC(=O)c1ccc([N+](=O)[O-])cc1)OCc1ccc(-n2cccn2)cc1. The molecular weight excluding hydrogens is 376 g/mol. The summed E-state index contributed by atoms with van der Waals surface area (Å²) in [6.07, 6.45) is 3.54. The summed E-state index contributed by atoms with van der Waals surface area (Å²) in [5.41, 5.74) is 1.92. The Bertz CT molecular complexity index is 983. The summed E-state index contributed by atoms with van der Waals surface area (Å²) in [7, 11) is 0. The fraction of sp³-hybridized carbons (Fsp3) is 0.150. The lowest BCUT2D eigenvalue weighted by atomic mass is 10.2. The van der Waals surface area contributed by atoms with Gasteiger partial charge in [0.2, 0.25) is 0 Å². The zero-order valence-electron chi connectivity index (χ0n) is 15.4. The summed E-state index contributed by atoms with van der Waals surface area (Å²) in [4.78, 5) is 33.9. The van der Waals surface area contributed by atoms with Crippen molar-refractivity contribution in [2.45, 2.75) is 13.0 Å². The fourth-order valence-electron chi connectivity index (χ4n) is 2.52. The second-order valence-corrected chi connectivity index (χ2v) is 6.09. The van der Waals surface area contributed by atoms with Gasteiger partial charge in [-0.3, -0.25) is 19.7 Å². The number of carbonyl (C=O) groups excluding carboxylic acids is 2. The number of ether oxygens (including phenoxy) is 1. The first-order valence-corrected chi connectivity index (χ1v) is 8.80. The average molecular weight is 394 g/mol. The fourth-order valence-corrected chi connectivity index (χ4v) is 2.52. The Kier molecular flexibility index (Phi) is 6.31. The Morgan fingerprint density at radius 2 is 1.83 bits per heavy atom. The van der Waals surface area contributed by atoms with E-state index in [0.29, 0.717) is 0 Å². The van der Waals surface area contributed by atoms with Crippen LogP contribution in [0.2, 0.25) is 0 Å². The van der Waals surface area contributed by atoms with Crippen molar-refractivity contribution in [3.05, 3.63) is 88.2 Å². The van der Waals surface area contributed by atoms with Gasteiger partial charge in [-0.15, -0.1) is 0 Å². The molecule has 1 heterocycles. The molecule has 0 bridgehead atoms.